The van der Waals surface area contributed by atoms with E-state index < -0.39 is 17.7 Å². The molecule has 8 heteroatoms. The smallest absolute Gasteiger partial charge is 0.295 e. The van der Waals surface area contributed by atoms with Crippen molar-refractivity contribution in [2.24, 2.45) is 0 Å². The van der Waals surface area contributed by atoms with Crippen LogP contribution in [0.25, 0.3) is 5.76 Å². The Balaban J connectivity index is 2.09. The molecule has 1 unspecified atom stereocenters. The van der Waals surface area contributed by atoms with Gasteiger partial charge in [-0.05, 0) is 68.4 Å². The van der Waals surface area contributed by atoms with Crippen molar-refractivity contribution in [1.29, 1.82) is 0 Å². The number of ketones is 1. The first kappa shape index (κ1) is 28.1. The number of rotatable bonds is 13. The van der Waals surface area contributed by atoms with Gasteiger partial charge in [-0.2, -0.15) is 0 Å². The van der Waals surface area contributed by atoms with Gasteiger partial charge in [0.05, 0.1) is 31.9 Å². The Morgan fingerprint density at radius 1 is 0.973 bits per heavy atom. The van der Waals surface area contributed by atoms with Gasteiger partial charge in [0.15, 0.2) is 11.5 Å². The number of nitrogens with zero attached hydrogens (tertiary/aromatic N) is 2. The van der Waals surface area contributed by atoms with Gasteiger partial charge in [0.2, 0.25) is 0 Å². The monoisotopic (exact) mass is 510 g/mol. The number of amides is 1. The van der Waals surface area contributed by atoms with E-state index in [0.29, 0.717) is 54.7 Å². The van der Waals surface area contributed by atoms with Gasteiger partial charge < -0.3 is 29.1 Å². The number of hydrogen-bond donors (Lipinski definition) is 1. The number of methoxy groups -OCH3 is 1. The molecule has 37 heavy (non-hydrogen) atoms. The number of benzene rings is 2. The minimum atomic E-state index is -0.767. The predicted molar refractivity (Wildman–Crippen MR) is 143 cm³/mol. The number of Topliss-reactive ketones (excluding diaryl/α,β-unsaturated/α-hetero) is 1. The van der Waals surface area contributed by atoms with Gasteiger partial charge in [-0.25, -0.2) is 0 Å². The zero-order valence-electron chi connectivity index (χ0n) is 22.5. The molecule has 0 saturated carbocycles. The van der Waals surface area contributed by atoms with Crippen molar-refractivity contribution in [1.82, 2.24) is 9.80 Å². The molecule has 0 aromatic heterocycles. The molecule has 1 fully saturated rings. The van der Waals surface area contributed by atoms with Gasteiger partial charge in [0.1, 0.15) is 11.5 Å². The highest BCUT2D eigenvalue weighted by Gasteiger charge is 2.46. The molecule has 1 N–H and O–H groups in total. The van der Waals surface area contributed by atoms with E-state index in [1.165, 1.54) is 0 Å². The molecule has 1 heterocycles. The quantitative estimate of drug-likeness (QED) is 0.238. The number of likely N-dealkylation sites (tertiary alicyclic amines) is 1. The maximum atomic E-state index is 13.3. The molecule has 0 aliphatic carbocycles. The summed E-state index contributed by atoms with van der Waals surface area (Å²) < 4.78 is 16.8. The van der Waals surface area contributed by atoms with E-state index in [9.17, 15) is 14.7 Å². The summed E-state index contributed by atoms with van der Waals surface area (Å²) in [6.07, 6.45) is 0.879. The van der Waals surface area contributed by atoms with Gasteiger partial charge in [-0.3, -0.25) is 9.59 Å². The van der Waals surface area contributed by atoms with Crippen LogP contribution in [0, 0.1) is 0 Å². The predicted octanol–water partition coefficient (Wildman–Crippen LogP) is 4.65. The third-order valence-electron chi connectivity index (χ3n) is 6.50. The van der Waals surface area contributed by atoms with Crippen LogP contribution in [0.2, 0.25) is 0 Å². The van der Waals surface area contributed by atoms with Crippen LogP contribution in [-0.4, -0.2) is 73.1 Å². The van der Waals surface area contributed by atoms with Crippen LogP contribution in [0.3, 0.4) is 0 Å². The summed E-state index contributed by atoms with van der Waals surface area (Å²) in [4.78, 5) is 30.3. The molecule has 1 aliphatic heterocycles. The second-order valence-corrected chi connectivity index (χ2v) is 8.74. The largest absolute Gasteiger partial charge is 0.507 e. The topological polar surface area (TPSA) is 88.5 Å². The Morgan fingerprint density at radius 3 is 2.27 bits per heavy atom. The maximum absolute atomic E-state index is 13.3. The Bertz CT molecular complexity index is 1110. The summed E-state index contributed by atoms with van der Waals surface area (Å²) in [6.45, 7) is 11.7. The van der Waals surface area contributed by atoms with E-state index >= 15 is 0 Å². The number of ether oxygens (including phenoxy) is 3. The second-order valence-electron chi connectivity index (χ2n) is 8.74. The first-order valence-electron chi connectivity index (χ1n) is 12.9. The van der Waals surface area contributed by atoms with Crippen molar-refractivity contribution in [3.05, 3.63) is 59.2 Å². The number of carbonyl (C=O) groups excluding carboxylic acids is 2. The van der Waals surface area contributed by atoms with Gasteiger partial charge in [0.25, 0.3) is 11.7 Å². The van der Waals surface area contributed by atoms with Crippen LogP contribution < -0.4 is 14.2 Å². The molecule has 0 radical (unpaired) electrons. The van der Waals surface area contributed by atoms with Crippen molar-refractivity contribution >= 4 is 17.4 Å². The number of aliphatic hydroxyl groups excluding tert-OH is 1. The number of aliphatic hydroxyl groups is 1. The summed E-state index contributed by atoms with van der Waals surface area (Å²) in [5, 5.41) is 11.3. The highest BCUT2D eigenvalue weighted by molar-refractivity contribution is 6.46. The lowest BCUT2D eigenvalue weighted by Gasteiger charge is -2.28. The summed E-state index contributed by atoms with van der Waals surface area (Å²) >= 11 is 0. The van der Waals surface area contributed by atoms with E-state index in [4.69, 9.17) is 14.2 Å². The minimum Gasteiger partial charge on any atom is -0.507 e. The molecule has 0 spiro atoms. The lowest BCUT2D eigenvalue weighted by molar-refractivity contribution is -0.140. The van der Waals surface area contributed by atoms with Crippen molar-refractivity contribution in [3.8, 4) is 17.2 Å². The Hall–Kier alpha value is -3.52. The fourth-order valence-corrected chi connectivity index (χ4v) is 4.46. The highest BCUT2D eigenvalue weighted by atomic mass is 16.5. The van der Waals surface area contributed by atoms with Gasteiger partial charge in [-0.15, -0.1) is 0 Å². The van der Waals surface area contributed by atoms with Gasteiger partial charge in [-0.1, -0.05) is 26.8 Å². The lowest BCUT2D eigenvalue weighted by atomic mass is 9.95. The van der Waals surface area contributed by atoms with Gasteiger partial charge in [0, 0.05) is 18.7 Å². The summed E-state index contributed by atoms with van der Waals surface area (Å²) in [5.41, 5.74) is 1.15. The zero-order chi connectivity index (χ0) is 26.9. The third-order valence-corrected chi connectivity index (χ3v) is 6.50. The Morgan fingerprint density at radius 2 is 1.68 bits per heavy atom. The molecule has 3 rings (SSSR count). The molecule has 200 valence electrons. The molecule has 2 aromatic carbocycles. The van der Waals surface area contributed by atoms with E-state index in [1.807, 2.05) is 19.9 Å². The standard InChI is InChI=1S/C29H38N2O6/c1-6-18-37-22-13-10-20(11-14-22)27(32)25-26(21-12-15-23(36-9-4)24(19-21)35-5)31(29(34)28(25)33)17-16-30(7-2)8-3/h10-15,19,26,32H,6-9,16-18H2,1-5H3/b27-25+. The minimum absolute atomic E-state index is 0.0537. The van der Waals surface area contributed by atoms with Gasteiger partial charge >= 0.3 is 0 Å². The fourth-order valence-electron chi connectivity index (χ4n) is 4.46. The third kappa shape index (κ3) is 6.25. The van der Waals surface area contributed by atoms with Crippen molar-refractivity contribution in [2.75, 3.05) is 46.5 Å². The Labute approximate surface area is 219 Å². The molecule has 1 aliphatic rings. The first-order valence-corrected chi connectivity index (χ1v) is 12.9. The number of hydrogen-bond acceptors (Lipinski definition) is 7. The summed E-state index contributed by atoms with van der Waals surface area (Å²) in [5.74, 6) is 0.174. The van der Waals surface area contributed by atoms with Crippen molar-refractivity contribution < 1.29 is 28.9 Å². The van der Waals surface area contributed by atoms with Crippen molar-refractivity contribution in [2.45, 2.75) is 40.2 Å². The molecule has 1 atom stereocenters. The van der Waals surface area contributed by atoms with Crippen LogP contribution in [0.1, 0.15) is 51.3 Å². The SMILES string of the molecule is CCCOc1ccc(/C(O)=C2\C(=O)C(=O)N(CCN(CC)CC)C2c2ccc(OCC)c(OC)c2)cc1. The molecular formula is C29H38N2O6. The second kappa shape index (κ2) is 13.1. The zero-order valence-corrected chi connectivity index (χ0v) is 22.5. The normalized spacial score (nSPS) is 16.9. The number of carbonyl (C=O) groups is 2. The molecule has 2 aromatic rings. The fraction of sp³-hybridized carbons (Fsp3) is 0.448. The first-order chi connectivity index (χ1) is 17.9. The Kier molecular flexibility index (Phi) is 9.97. The average molecular weight is 511 g/mol. The van der Waals surface area contributed by atoms with E-state index in [-0.39, 0.29) is 11.3 Å². The van der Waals surface area contributed by atoms with E-state index in [0.717, 1.165) is 19.5 Å². The van der Waals surface area contributed by atoms with E-state index in [1.54, 1.807) is 48.4 Å². The van der Waals surface area contributed by atoms with Crippen LogP contribution >= 0.6 is 0 Å². The van der Waals surface area contributed by atoms with E-state index in [2.05, 4.69) is 18.7 Å². The van der Waals surface area contributed by atoms with Crippen molar-refractivity contribution in [3.63, 3.8) is 0 Å². The molecule has 1 saturated heterocycles. The maximum Gasteiger partial charge on any atom is 0.295 e. The van der Waals surface area contributed by atoms with Crippen LogP contribution in [-0.2, 0) is 9.59 Å². The summed E-state index contributed by atoms with van der Waals surface area (Å²) in [7, 11) is 1.54. The van der Waals surface area contributed by atoms with Crippen LogP contribution in [0.4, 0.5) is 0 Å². The van der Waals surface area contributed by atoms with Crippen LogP contribution in [0.15, 0.2) is 48.0 Å². The molecule has 0 bridgehead atoms. The highest BCUT2D eigenvalue weighted by Crippen LogP contribution is 2.42. The number of likely N-dealkylation sites (N-methyl/N-ethyl adjacent to an activating group) is 1. The average Bonchev–Trinajstić information content (AvgIpc) is 3.17. The lowest BCUT2D eigenvalue weighted by Crippen LogP contribution is -2.38. The molecule has 1 amide bonds. The molecule has 8 nitrogen and oxygen atoms in total. The molecular weight excluding hydrogens is 472 g/mol. The van der Waals surface area contributed by atoms with Crippen LogP contribution in [0.5, 0.6) is 17.2 Å². The summed E-state index contributed by atoms with van der Waals surface area (Å²) in [6, 6.07) is 11.5.